The van der Waals surface area contributed by atoms with E-state index in [0.29, 0.717) is 17.4 Å². The normalized spacial score (nSPS) is 14.2. The number of hydrogen-bond acceptors (Lipinski definition) is 6. The third-order valence-corrected chi connectivity index (χ3v) is 15.0. The fourth-order valence-electron chi connectivity index (χ4n) is 9.09. The van der Waals surface area contributed by atoms with Crippen LogP contribution in [0.3, 0.4) is 0 Å². The van der Waals surface area contributed by atoms with Crippen molar-refractivity contribution in [3.8, 4) is 0 Å². The molecule has 0 aliphatic carbocycles. The van der Waals surface area contributed by atoms with Gasteiger partial charge in [0.1, 0.15) is 19.3 Å². The lowest BCUT2D eigenvalue weighted by Crippen LogP contribution is -2.47. The Morgan fingerprint density at radius 3 is 1.26 bits per heavy atom. The predicted octanol–water partition coefficient (Wildman–Crippen LogP) is 19.8. The first kappa shape index (κ1) is 74.2. The van der Waals surface area contributed by atoms with Crippen molar-refractivity contribution in [1.29, 1.82) is 0 Å². The molecule has 3 atom stereocenters. The number of nitrogens with zero attached hydrogens (tertiary/aromatic N) is 1. The topological polar surface area (TPSA) is 111 Å². The van der Waals surface area contributed by atoms with Crippen LogP contribution in [-0.4, -0.2) is 74.3 Å². The summed E-state index contributed by atoms with van der Waals surface area (Å²) in [4.78, 5) is 37.7. The van der Waals surface area contributed by atoms with Gasteiger partial charge < -0.3 is 19.4 Å². The zero-order valence-electron chi connectivity index (χ0n) is 50.9. The van der Waals surface area contributed by atoms with Gasteiger partial charge in [-0.3, -0.25) is 18.6 Å². The predicted molar refractivity (Wildman–Crippen MR) is 332 cm³/mol. The molecule has 9 nitrogen and oxygen atoms in total. The number of phosphoric acid groups is 1. The van der Waals surface area contributed by atoms with Crippen molar-refractivity contribution in [1.82, 2.24) is 5.32 Å². The van der Waals surface area contributed by atoms with Gasteiger partial charge in [0.25, 0.3) is 0 Å². The van der Waals surface area contributed by atoms with Gasteiger partial charge in [-0.05, 0) is 51.0 Å². The maximum Gasteiger partial charge on any atom is 0.472 e. The number of likely N-dealkylation sites (N-methyl/N-ethyl adjacent to an activating group) is 1. The van der Waals surface area contributed by atoms with Crippen LogP contribution < -0.4 is 5.32 Å². The Morgan fingerprint density at radius 1 is 0.468 bits per heavy atom. The quantitative estimate of drug-likeness (QED) is 0.0156. The second-order valence-corrected chi connectivity index (χ2v) is 24.2. The van der Waals surface area contributed by atoms with E-state index in [0.717, 1.165) is 64.2 Å². The number of carbonyl (C=O) groups excluding carboxylic acids is 2. The molecule has 0 aromatic heterocycles. The van der Waals surface area contributed by atoms with E-state index >= 15 is 0 Å². The summed E-state index contributed by atoms with van der Waals surface area (Å²) in [6.07, 6.45) is 74.4. The molecule has 10 heteroatoms. The van der Waals surface area contributed by atoms with E-state index in [1.807, 2.05) is 94.1 Å². The van der Waals surface area contributed by atoms with E-state index in [2.05, 4.69) is 38.2 Å². The van der Waals surface area contributed by atoms with Crippen molar-refractivity contribution in [2.24, 2.45) is 0 Å². The van der Waals surface area contributed by atoms with Crippen LogP contribution in [0.2, 0.25) is 0 Å². The number of rotatable bonds is 57. The minimum Gasteiger partial charge on any atom is -0.456 e. The fraction of sp³-hybridized carbons (Fsp3) is 0.761. The van der Waals surface area contributed by atoms with Crippen LogP contribution in [0, 0.1) is 0 Å². The molecule has 2 N–H and O–H groups in total. The summed E-state index contributed by atoms with van der Waals surface area (Å²) in [7, 11) is 1.46. The monoisotopic (exact) mass is 1100 g/mol. The first-order valence-corrected chi connectivity index (χ1v) is 33.5. The summed E-state index contributed by atoms with van der Waals surface area (Å²) in [5.41, 5.74) is 0. The van der Waals surface area contributed by atoms with Gasteiger partial charge in [-0.15, -0.1) is 0 Å². The Kier molecular flexibility index (Phi) is 54.4. The van der Waals surface area contributed by atoms with Gasteiger partial charge in [0.2, 0.25) is 5.91 Å². The van der Waals surface area contributed by atoms with Gasteiger partial charge >= 0.3 is 13.8 Å². The number of hydrogen-bond donors (Lipinski definition) is 2. The highest BCUT2D eigenvalue weighted by molar-refractivity contribution is 7.47. The number of phosphoric ester groups is 1. The number of esters is 1. The molecule has 0 saturated carbocycles. The maximum absolute atomic E-state index is 13.5. The molecule has 0 aliphatic rings. The molecule has 0 fully saturated rings. The second-order valence-electron chi connectivity index (χ2n) is 22.7. The molecule has 0 aliphatic heterocycles. The Bertz CT molecular complexity index is 1590. The number of unbranched alkanes of at least 4 members (excludes halogenated alkanes) is 34. The van der Waals surface area contributed by atoms with Crippen molar-refractivity contribution in [3.05, 3.63) is 85.1 Å². The standard InChI is InChI=1S/C67H121N2O7P/c1-7-10-13-16-19-22-25-28-30-32-33-34-35-37-39-42-45-48-51-54-57-60-67(71)76-65(58-55-52-49-46-43-40-27-24-21-18-15-12-9-3)64(63-75-77(72,73)74-62-61-69(4,5)6)68-66(70)59-56-53-50-47-44-41-38-36-31-29-26-23-20-17-14-11-8-2/h11,14,17,20,23,26,29,31,36,38,41,44,55,58,64-65H,7-10,12-13,15-16,18-19,21-22,24-25,27-28,30,32-35,37,39-40,42-43,45-54,56-57,59-63H2,1-6H3,(H-,68,70,72,73)/p+1/b14-11-,20-17+,26-23+,31-29-,38-36+,44-41+,58-55+. The highest BCUT2D eigenvalue weighted by Gasteiger charge is 2.30. The summed E-state index contributed by atoms with van der Waals surface area (Å²) in [6, 6.07) is -0.874. The number of allylic oxidation sites excluding steroid dienone is 13. The third kappa shape index (κ3) is 57.7. The smallest absolute Gasteiger partial charge is 0.456 e. The average molecular weight is 1100 g/mol. The maximum atomic E-state index is 13.5. The van der Waals surface area contributed by atoms with Crippen LogP contribution in [0.1, 0.15) is 278 Å². The first-order valence-electron chi connectivity index (χ1n) is 32.0. The molecule has 446 valence electrons. The molecule has 3 unspecified atom stereocenters. The molecular weight excluding hydrogens is 976 g/mol. The van der Waals surface area contributed by atoms with Crippen molar-refractivity contribution in [2.75, 3.05) is 40.9 Å². The number of nitrogens with one attached hydrogen (secondary N) is 1. The van der Waals surface area contributed by atoms with Gasteiger partial charge in [-0.1, -0.05) is 299 Å². The lowest BCUT2D eigenvalue weighted by atomic mass is 10.0. The Hall–Kier alpha value is -2.81. The number of carbonyl (C=O) groups is 2. The molecule has 0 saturated heterocycles. The molecule has 0 spiro atoms. The van der Waals surface area contributed by atoms with Gasteiger partial charge in [0.15, 0.2) is 0 Å². The minimum absolute atomic E-state index is 0.0286. The van der Waals surface area contributed by atoms with E-state index in [1.54, 1.807) is 0 Å². The van der Waals surface area contributed by atoms with E-state index in [1.165, 1.54) is 173 Å². The fourth-order valence-corrected chi connectivity index (χ4v) is 9.83. The Morgan fingerprint density at radius 2 is 0.831 bits per heavy atom. The molecule has 0 aromatic rings. The number of quaternary nitrogens is 1. The largest absolute Gasteiger partial charge is 0.472 e. The number of amides is 1. The molecule has 0 bridgehead atoms. The average Bonchev–Trinajstić information content (AvgIpc) is 3.39. The van der Waals surface area contributed by atoms with Crippen molar-refractivity contribution < 1.29 is 37.3 Å². The highest BCUT2D eigenvalue weighted by atomic mass is 31.2. The van der Waals surface area contributed by atoms with E-state index in [-0.39, 0.29) is 37.9 Å². The molecule has 0 rings (SSSR count). The van der Waals surface area contributed by atoms with E-state index < -0.39 is 20.0 Å². The summed E-state index contributed by atoms with van der Waals surface area (Å²) < 4.78 is 30.7. The summed E-state index contributed by atoms with van der Waals surface area (Å²) in [6.45, 7) is 6.85. The summed E-state index contributed by atoms with van der Waals surface area (Å²) >= 11 is 0. The molecule has 77 heavy (non-hydrogen) atoms. The van der Waals surface area contributed by atoms with Gasteiger partial charge in [0, 0.05) is 12.8 Å². The highest BCUT2D eigenvalue weighted by Crippen LogP contribution is 2.43. The molecular formula is C67H122N2O7P+. The van der Waals surface area contributed by atoms with Crippen LogP contribution in [0.4, 0.5) is 0 Å². The molecule has 0 radical (unpaired) electrons. The summed E-state index contributed by atoms with van der Waals surface area (Å²) in [5.74, 6) is -0.550. The zero-order chi connectivity index (χ0) is 56.4. The second kappa shape index (κ2) is 56.5. The first-order chi connectivity index (χ1) is 37.4. The zero-order valence-corrected chi connectivity index (χ0v) is 51.8. The van der Waals surface area contributed by atoms with Crippen LogP contribution >= 0.6 is 7.82 Å². The molecule has 0 aromatic carbocycles. The van der Waals surface area contributed by atoms with Crippen LogP contribution in [0.25, 0.3) is 0 Å². The van der Waals surface area contributed by atoms with E-state index in [4.69, 9.17) is 13.8 Å². The van der Waals surface area contributed by atoms with E-state index in [9.17, 15) is 19.0 Å². The summed E-state index contributed by atoms with van der Waals surface area (Å²) in [5, 5.41) is 3.03. The lowest BCUT2D eigenvalue weighted by molar-refractivity contribution is -0.870. The Balaban J connectivity index is 5.29. The SMILES string of the molecule is CC\C=C/C=C/C=C/C=C\C=C\C=C\CCCCCC(=O)NC(COP(=O)(O)OCC[N+](C)(C)C)C(/C=C/CCCCCCCCCCCCC)OC(=O)CCCCCCCCCCCCCCCCCCCCCCC. The van der Waals surface area contributed by atoms with Gasteiger partial charge in [0.05, 0.1) is 33.8 Å². The van der Waals surface area contributed by atoms with Crippen LogP contribution in [0.5, 0.6) is 0 Å². The lowest BCUT2D eigenvalue weighted by Gasteiger charge is -2.27. The Labute approximate surface area is 476 Å². The van der Waals surface area contributed by atoms with Crippen molar-refractivity contribution in [3.63, 3.8) is 0 Å². The van der Waals surface area contributed by atoms with Crippen molar-refractivity contribution in [2.45, 2.75) is 290 Å². The van der Waals surface area contributed by atoms with Crippen LogP contribution in [-0.2, 0) is 27.9 Å². The van der Waals surface area contributed by atoms with Crippen LogP contribution in [0.15, 0.2) is 85.1 Å². The third-order valence-electron chi connectivity index (χ3n) is 14.0. The van der Waals surface area contributed by atoms with Gasteiger partial charge in [-0.2, -0.15) is 0 Å². The molecule has 0 heterocycles. The number of ether oxygens (including phenoxy) is 1. The minimum atomic E-state index is -4.47. The molecule has 1 amide bonds. The van der Waals surface area contributed by atoms with Crippen molar-refractivity contribution >= 4 is 19.7 Å². The van der Waals surface area contributed by atoms with Gasteiger partial charge in [-0.25, -0.2) is 4.57 Å².